The maximum Gasteiger partial charge on any atom is 0.0914 e. The van der Waals surface area contributed by atoms with E-state index in [4.69, 9.17) is 5.73 Å². The van der Waals surface area contributed by atoms with E-state index in [1.54, 1.807) is 12.4 Å². The van der Waals surface area contributed by atoms with Gasteiger partial charge in [-0.1, -0.05) is 6.07 Å². The van der Waals surface area contributed by atoms with Gasteiger partial charge in [0.15, 0.2) is 0 Å². The molecule has 0 radical (unpaired) electrons. The normalized spacial score (nSPS) is 12.7. The maximum atomic E-state index is 5.75. The van der Waals surface area contributed by atoms with E-state index in [1.165, 1.54) is 0 Å². The third-order valence-electron chi connectivity index (χ3n) is 2.57. The van der Waals surface area contributed by atoms with Gasteiger partial charge in [-0.05, 0) is 26.0 Å². The van der Waals surface area contributed by atoms with Crippen LogP contribution < -0.4 is 5.73 Å². The van der Waals surface area contributed by atoms with Crippen LogP contribution in [0.4, 0.5) is 5.69 Å². The Bertz CT molecular complexity index is 447. The molecule has 0 aliphatic rings. The Morgan fingerprint density at radius 3 is 2.73 bits per heavy atom. The molecule has 2 aromatic rings. The van der Waals surface area contributed by atoms with Crippen molar-refractivity contribution in [1.82, 2.24) is 14.8 Å². The predicted octanol–water partition coefficient (Wildman–Crippen LogP) is 1.78. The van der Waals surface area contributed by atoms with Gasteiger partial charge in [-0.2, -0.15) is 5.10 Å². The van der Waals surface area contributed by atoms with Crippen LogP contribution in [0.2, 0.25) is 0 Å². The number of hydrogen-bond acceptors (Lipinski definition) is 3. The SMILES string of the molecule is Cc1c(N)cnn1C(C)c1ccccn1. The molecule has 4 heteroatoms. The van der Waals surface area contributed by atoms with E-state index in [1.807, 2.05) is 29.8 Å². The molecule has 0 spiro atoms. The molecule has 0 aliphatic carbocycles. The van der Waals surface area contributed by atoms with Crippen molar-refractivity contribution in [3.63, 3.8) is 0 Å². The van der Waals surface area contributed by atoms with Gasteiger partial charge in [-0.25, -0.2) is 0 Å². The molecular weight excluding hydrogens is 188 g/mol. The van der Waals surface area contributed by atoms with Gasteiger partial charge >= 0.3 is 0 Å². The minimum atomic E-state index is 0.114. The predicted molar refractivity (Wildman–Crippen MR) is 59.4 cm³/mol. The zero-order valence-corrected chi connectivity index (χ0v) is 8.88. The summed E-state index contributed by atoms with van der Waals surface area (Å²) >= 11 is 0. The van der Waals surface area contributed by atoms with Crippen molar-refractivity contribution < 1.29 is 0 Å². The second kappa shape index (κ2) is 3.73. The summed E-state index contributed by atoms with van der Waals surface area (Å²) in [5, 5.41) is 4.24. The second-order valence-corrected chi connectivity index (χ2v) is 3.56. The molecule has 0 fully saturated rings. The highest BCUT2D eigenvalue weighted by Gasteiger charge is 2.12. The summed E-state index contributed by atoms with van der Waals surface area (Å²) in [6.07, 6.45) is 3.46. The average Bonchev–Trinajstić information content (AvgIpc) is 2.60. The third kappa shape index (κ3) is 1.70. The monoisotopic (exact) mass is 202 g/mol. The van der Waals surface area contributed by atoms with Gasteiger partial charge in [0.05, 0.1) is 29.3 Å². The van der Waals surface area contributed by atoms with Crippen molar-refractivity contribution in [2.24, 2.45) is 0 Å². The van der Waals surface area contributed by atoms with Gasteiger partial charge in [0.2, 0.25) is 0 Å². The lowest BCUT2D eigenvalue weighted by Crippen LogP contribution is -2.11. The van der Waals surface area contributed by atoms with Gasteiger partial charge in [0.25, 0.3) is 0 Å². The molecule has 4 nitrogen and oxygen atoms in total. The molecule has 0 aliphatic heterocycles. The molecule has 0 amide bonds. The van der Waals surface area contributed by atoms with Crippen LogP contribution in [0.15, 0.2) is 30.6 Å². The Morgan fingerprint density at radius 2 is 2.20 bits per heavy atom. The van der Waals surface area contributed by atoms with Gasteiger partial charge < -0.3 is 5.73 Å². The fraction of sp³-hybridized carbons (Fsp3) is 0.273. The van der Waals surface area contributed by atoms with Crippen LogP contribution in [0, 0.1) is 6.92 Å². The number of nitrogens with zero attached hydrogens (tertiary/aromatic N) is 3. The largest absolute Gasteiger partial charge is 0.396 e. The minimum Gasteiger partial charge on any atom is -0.396 e. The molecule has 2 N–H and O–H groups in total. The van der Waals surface area contributed by atoms with Crippen LogP contribution in [0.5, 0.6) is 0 Å². The number of hydrogen-bond donors (Lipinski definition) is 1. The second-order valence-electron chi connectivity index (χ2n) is 3.56. The summed E-state index contributed by atoms with van der Waals surface area (Å²) in [6.45, 7) is 4.02. The van der Waals surface area contributed by atoms with Crippen molar-refractivity contribution in [3.05, 3.63) is 42.0 Å². The summed E-state index contributed by atoms with van der Waals surface area (Å²) in [4.78, 5) is 4.30. The van der Waals surface area contributed by atoms with Gasteiger partial charge in [0.1, 0.15) is 0 Å². The molecule has 0 bridgehead atoms. The van der Waals surface area contributed by atoms with E-state index in [-0.39, 0.29) is 6.04 Å². The first-order chi connectivity index (χ1) is 7.20. The highest BCUT2D eigenvalue weighted by Crippen LogP contribution is 2.19. The van der Waals surface area contributed by atoms with Crippen LogP contribution >= 0.6 is 0 Å². The summed E-state index contributed by atoms with van der Waals surface area (Å²) in [5.74, 6) is 0. The zero-order valence-electron chi connectivity index (χ0n) is 8.88. The van der Waals surface area contributed by atoms with E-state index in [9.17, 15) is 0 Å². The first-order valence-corrected chi connectivity index (χ1v) is 4.90. The van der Waals surface area contributed by atoms with Crippen molar-refractivity contribution in [2.75, 3.05) is 5.73 Å². The number of anilines is 1. The Labute approximate surface area is 88.8 Å². The maximum absolute atomic E-state index is 5.75. The fourth-order valence-electron chi connectivity index (χ4n) is 1.58. The lowest BCUT2D eigenvalue weighted by Gasteiger charge is -2.13. The Hall–Kier alpha value is -1.84. The van der Waals surface area contributed by atoms with E-state index < -0.39 is 0 Å². The molecule has 0 aromatic carbocycles. The van der Waals surface area contributed by atoms with Crippen LogP contribution in [-0.2, 0) is 0 Å². The number of pyridine rings is 1. The van der Waals surface area contributed by atoms with E-state index in [0.717, 1.165) is 17.1 Å². The zero-order chi connectivity index (χ0) is 10.8. The molecule has 2 heterocycles. The summed E-state index contributed by atoms with van der Waals surface area (Å²) in [7, 11) is 0. The molecule has 1 atom stereocenters. The molecule has 78 valence electrons. The van der Waals surface area contributed by atoms with Crippen LogP contribution in [0.1, 0.15) is 24.4 Å². The highest BCUT2D eigenvalue weighted by molar-refractivity contribution is 5.40. The smallest absolute Gasteiger partial charge is 0.0914 e. The number of nitrogens with two attached hydrogens (primary N) is 1. The highest BCUT2D eigenvalue weighted by atomic mass is 15.3. The van der Waals surface area contributed by atoms with E-state index in [2.05, 4.69) is 17.0 Å². The molecule has 2 aromatic heterocycles. The lowest BCUT2D eigenvalue weighted by molar-refractivity contribution is 0.538. The van der Waals surface area contributed by atoms with Crippen molar-refractivity contribution >= 4 is 5.69 Å². The van der Waals surface area contributed by atoms with Crippen molar-refractivity contribution in [1.29, 1.82) is 0 Å². The quantitative estimate of drug-likeness (QED) is 0.807. The molecule has 15 heavy (non-hydrogen) atoms. The molecular formula is C11H14N4. The van der Waals surface area contributed by atoms with Crippen LogP contribution in [-0.4, -0.2) is 14.8 Å². The van der Waals surface area contributed by atoms with Crippen molar-refractivity contribution in [3.8, 4) is 0 Å². The summed E-state index contributed by atoms with van der Waals surface area (Å²) < 4.78 is 1.89. The first kappa shape index (κ1) is 9.71. The molecule has 0 saturated carbocycles. The summed E-state index contributed by atoms with van der Waals surface area (Å²) in [5.41, 5.74) is 8.44. The van der Waals surface area contributed by atoms with Gasteiger partial charge in [-0.15, -0.1) is 0 Å². The van der Waals surface area contributed by atoms with E-state index in [0.29, 0.717) is 0 Å². The Balaban J connectivity index is 2.37. The van der Waals surface area contributed by atoms with E-state index >= 15 is 0 Å². The lowest BCUT2D eigenvalue weighted by atomic mass is 10.2. The van der Waals surface area contributed by atoms with Crippen LogP contribution in [0.3, 0.4) is 0 Å². The number of rotatable bonds is 2. The molecule has 0 saturated heterocycles. The average molecular weight is 202 g/mol. The number of aromatic nitrogens is 3. The van der Waals surface area contributed by atoms with Crippen LogP contribution in [0.25, 0.3) is 0 Å². The number of nitrogen functional groups attached to an aromatic ring is 1. The molecule has 1 unspecified atom stereocenters. The fourth-order valence-corrected chi connectivity index (χ4v) is 1.58. The summed E-state index contributed by atoms with van der Waals surface area (Å²) in [6, 6.07) is 5.98. The first-order valence-electron chi connectivity index (χ1n) is 4.90. The Morgan fingerprint density at radius 1 is 1.40 bits per heavy atom. The molecule has 2 rings (SSSR count). The third-order valence-corrected chi connectivity index (χ3v) is 2.57. The van der Waals surface area contributed by atoms with Crippen molar-refractivity contribution in [2.45, 2.75) is 19.9 Å². The Kier molecular flexibility index (Phi) is 2.41. The topological polar surface area (TPSA) is 56.7 Å². The van der Waals surface area contributed by atoms with Gasteiger partial charge in [-0.3, -0.25) is 9.67 Å². The minimum absolute atomic E-state index is 0.114. The standard InChI is InChI=1S/C11H14N4/c1-8-10(12)7-14-15(8)9(2)11-5-3-4-6-13-11/h3-7,9H,12H2,1-2H3. The van der Waals surface area contributed by atoms with Gasteiger partial charge in [0, 0.05) is 6.20 Å².